The van der Waals surface area contributed by atoms with E-state index in [2.05, 4.69) is 5.32 Å². The van der Waals surface area contributed by atoms with Crippen LogP contribution in [0.25, 0.3) is 0 Å². The summed E-state index contributed by atoms with van der Waals surface area (Å²) in [6.07, 6.45) is 1.02. The normalized spacial score (nSPS) is 11.8. The Morgan fingerprint density at radius 1 is 1.17 bits per heavy atom. The fraction of sp³-hybridized carbons (Fsp3) is 0.278. The minimum Gasteiger partial charge on any atom is -0.492 e. The molecule has 122 valence electrons. The van der Waals surface area contributed by atoms with Crippen LogP contribution in [0.1, 0.15) is 31.4 Å². The summed E-state index contributed by atoms with van der Waals surface area (Å²) in [6.45, 7) is 2.39. The summed E-state index contributed by atoms with van der Waals surface area (Å²) >= 11 is 11.8. The molecule has 23 heavy (non-hydrogen) atoms. The summed E-state index contributed by atoms with van der Waals surface area (Å²) in [5.74, 6) is 0.585. The lowest BCUT2D eigenvalue weighted by molar-refractivity contribution is -0.121. The molecule has 1 amide bonds. The molecular formula is C18H19Cl2NO2. The number of halogens is 2. The Morgan fingerprint density at radius 3 is 2.61 bits per heavy atom. The molecule has 0 aliphatic carbocycles. The molecular weight excluding hydrogens is 333 g/mol. The van der Waals surface area contributed by atoms with Crippen molar-refractivity contribution in [1.82, 2.24) is 5.32 Å². The molecule has 0 saturated heterocycles. The lowest BCUT2D eigenvalue weighted by Gasteiger charge is -2.14. The van der Waals surface area contributed by atoms with Gasteiger partial charge in [0.2, 0.25) is 5.91 Å². The first-order valence-corrected chi connectivity index (χ1v) is 8.24. The van der Waals surface area contributed by atoms with Gasteiger partial charge in [0.1, 0.15) is 5.75 Å². The molecule has 0 bridgehead atoms. The smallest absolute Gasteiger partial charge is 0.220 e. The maximum Gasteiger partial charge on any atom is 0.220 e. The predicted molar refractivity (Wildman–Crippen MR) is 94.2 cm³/mol. The number of benzene rings is 2. The van der Waals surface area contributed by atoms with Crippen molar-refractivity contribution in [2.24, 2.45) is 0 Å². The van der Waals surface area contributed by atoms with Crippen LogP contribution >= 0.6 is 23.2 Å². The minimum atomic E-state index is -0.00433. The van der Waals surface area contributed by atoms with Crippen molar-refractivity contribution in [3.63, 3.8) is 0 Å². The molecule has 0 fully saturated rings. The molecule has 1 atom stereocenters. The van der Waals surface area contributed by atoms with Gasteiger partial charge in [0.25, 0.3) is 0 Å². The standard InChI is InChI=1S/C18H19Cl2NO2/c1-13(14-6-3-2-4-7-14)21-18(22)8-5-11-23-17-10-9-15(19)12-16(17)20/h2-4,6-7,9-10,12-13H,5,8,11H2,1H3,(H,21,22)/t13-/m0/s1. The number of carbonyl (C=O) groups is 1. The first kappa shape index (κ1) is 17.6. The second-order valence-corrected chi connectivity index (χ2v) is 6.07. The summed E-state index contributed by atoms with van der Waals surface area (Å²) in [5.41, 5.74) is 1.09. The monoisotopic (exact) mass is 351 g/mol. The van der Waals surface area contributed by atoms with E-state index < -0.39 is 0 Å². The first-order valence-electron chi connectivity index (χ1n) is 7.48. The van der Waals surface area contributed by atoms with Crippen LogP contribution in [0.5, 0.6) is 5.75 Å². The van der Waals surface area contributed by atoms with Crippen molar-refractivity contribution < 1.29 is 9.53 Å². The minimum absolute atomic E-state index is 0.00433. The van der Waals surface area contributed by atoms with Crippen molar-refractivity contribution in [3.05, 3.63) is 64.1 Å². The van der Waals surface area contributed by atoms with Crippen molar-refractivity contribution in [1.29, 1.82) is 0 Å². The van der Waals surface area contributed by atoms with Crippen LogP contribution in [-0.2, 0) is 4.79 Å². The SMILES string of the molecule is C[C@H](NC(=O)CCCOc1ccc(Cl)cc1Cl)c1ccccc1. The summed E-state index contributed by atoms with van der Waals surface area (Å²) in [4.78, 5) is 11.9. The van der Waals surface area contributed by atoms with Crippen molar-refractivity contribution in [3.8, 4) is 5.75 Å². The first-order chi connectivity index (χ1) is 11.1. The maximum absolute atomic E-state index is 11.9. The Morgan fingerprint density at radius 2 is 1.91 bits per heavy atom. The molecule has 2 aromatic rings. The van der Waals surface area contributed by atoms with Crippen LogP contribution in [0.3, 0.4) is 0 Å². The molecule has 2 rings (SSSR count). The quantitative estimate of drug-likeness (QED) is 0.710. The van der Waals surface area contributed by atoms with Crippen LogP contribution in [0.4, 0.5) is 0 Å². The molecule has 0 aliphatic heterocycles. The number of amides is 1. The fourth-order valence-electron chi connectivity index (χ4n) is 2.15. The highest BCUT2D eigenvalue weighted by molar-refractivity contribution is 6.35. The summed E-state index contributed by atoms with van der Waals surface area (Å²) < 4.78 is 5.56. The summed E-state index contributed by atoms with van der Waals surface area (Å²) in [7, 11) is 0. The van der Waals surface area contributed by atoms with E-state index in [0.29, 0.717) is 35.2 Å². The molecule has 0 aliphatic rings. The molecule has 0 spiro atoms. The summed E-state index contributed by atoms with van der Waals surface area (Å²) in [5, 5.41) is 4.01. The molecule has 1 N–H and O–H groups in total. The number of nitrogens with one attached hydrogen (secondary N) is 1. The molecule has 2 aromatic carbocycles. The molecule has 0 aromatic heterocycles. The second kappa shape index (κ2) is 8.80. The average Bonchev–Trinajstić information content (AvgIpc) is 2.54. The van der Waals surface area contributed by atoms with Crippen LogP contribution in [0.2, 0.25) is 10.0 Å². The van der Waals surface area contributed by atoms with Gasteiger partial charge < -0.3 is 10.1 Å². The average molecular weight is 352 g/mol. The topological polar surface area (TPSA) is 38.3 Å². The predicted octanol–water partition coefficient (Wildman–Crippen LogP) is 5.03. The van der Waals surface area contributed by atoms with Gasteiger partial charge in [-0.3, -0.25) is 4.79 Å². The summed E-state index contributed by atoms with van der Waals surface area (Å²) in [6, 6.07) is 14.9. The number of ether oxygens (including phenoxy) is 1. The van der Waals surface area contributed by atoms with Crippen LogP contribution < -0.4 is 10.1 Å². The van der Waals surface area contributed by atoms with Gasteiger partial charge in [0, 0.05) is 11.4 Å². The third-order valence-corrected chi connectivity index (χ3v) is 3.91. The van der Waals surface area contributed by atoms with E-state index in [1.54, 1.807) is 18.2 Å². The van der Waals surface area contributed by atoms with Gasteiger partial charge in [0.15, 0.2) is 0 Å². The number of hydrogen-bond donors (Lipinski definition) is 1. The second-order valence-electron chi connectivity index (χ2n) is 5.23. The Labute approximate surface area is 146 Å². The lowest BCUT2D eigenvalue weighted by Crippen LogP contribution is -2.26. The highest BCUT2D eigenvalue weighted by Gasteiger charge is 2.09. The van der Waals surface area contributed by atoms with E-state index >= 15 is 0 Å². The number of rotatable bonds is 7. The van der Waals surface area contributed by atoms with Gasteiger partial charge in [0.05, 0.1) is 17.7 Å². The van der Waals surface area contributed by atoms with Crippen molar-refractivity contribution in [2.45, 2.75) is 25.8 Å². The van der Waals surface area contributed by atoms with Crippen molar-refractivity contribution >= 4 is 29.1 Å². The van der Waals surface area contributed by atoms with Crippen molar-refractivity contribution in [2.75, 3.05) is 6.61 Å². The number of carbonyl (C=O) groups excluding carboxylic acids is 1. The Hall–Kier alpha value is -1.71. The molecule has 0 heterocycles. The van der Waals surface area contributed by atoms with Crippen LogP contribution in [-0.4, -0.2) is 12.5 Å². The van der Waals surface area contributed by atoms with Gasteiger partial charge in [-0.05, 0) is 37.1 Å². The highest BCUT2D eigenvalue weighted by atomic mass is 35.5. The molecule has 0 saturated carbocycles. The Kier molecular flexibility index (Phi) is 6.75. The highest BCUT2D eigenvalue weighted by Crippen LogP contribution is 2.27. The van der Waals surface area contributed by atoms with Crippen LogP contribution in [0, 0.1) is 0 Å². The van der Waals surface area contributed by atoms with E-state index in [1.165, 1.54) is 0 Å². The largest absolute Gasteiger partial charge is 0.492 e. The van der Waals surface area contributed by atoms with E-state index in [4.69, 9.17) is 27.9 Å². The number of hydrogen-bond acceptors (Lipinski definition) is 2. The van der Waals surface area contributed by atoms with E-state index in [9.17, 15) is 4.79 Å². The van der Waals surface area contributed by atoms with E-state index in [-0.39, 0.29) is 11.9 Å². The third-order valence-electron chi connectivity index (χ3n) is 3.38. The van der Waals surface area contributed by atoms with Gasteiger partial charge in [-0.1, -0.05) is 53.5 Å². The van der Waals surface area contributed by atoms with E-state index in [1.807, 2.05) is 37.3 Å². The molecule has 0 unspecified atom stereocenters. The van der Waals surface area contributed by atoms with Gasteiger partial charge in [-0.15, -0.1) is 0 Å². The van der Waals surface area contributed by atoms with Gasteiger partial charge in [-0.25, -0.2) is 0 Å². The Balaban J connectivity index is 1.70. The maximum atomic E-state index is 11.9. The molecule has 5 heteroatoms. The zero-order valence-electron chi connectivity index (χ0n) is 12.9. The molecule has 0 radical (unpaired) electrons. The molecule has 3 nitrogen and oxygen atoms in total. The van der Waals surface area contributed by atoms with Gasteiger partial charge in [-0.2, -0.15) is 0 Å². The Bertz CT molecular complexity index is 647. The zero-order chi connectivity index (χ0) is 16.7. The van der Waals surface area contributed by atoms with Gasteiger partial charge >= 0.3 is 0 Å². The van der Waals surface area contributed by atoms with Crippen LogP contribution in [0.15, 0.2) is 48.5 Å². The van der Waals surface area contributed by atoms with E-state index in [0.717, 1.165) is 5.56 Å². The third kappa shape index (κ3) is 5.77. The fourth-order valence-corrected chi connectivity index (χ4v) is 2.61. The zero-order valence-corrected chi connectivity index (χ0v) is 14.4. The lowest BCUT2D eigenvalue weighted by atomic mass is 10.1.